The lowest BCUT2D eigenvalue weighted by Gasteiger charge is -2.62. The first kappa shape index (κ1) is 13.6. The highest BCUT2D eigenvalue weighted by molar-refractivity contribution is 7.12. The standard InChI is InChI=1S/C18H25ClS/c1-3-14-4-5-15(20-14)16(19)18-9-12-6-13(10-18)8-17(2,7-12)11-18/h4-5,12-13,16H,3,6-11H2,1-2H3. The molecular weight excluding hydrogens is 284 g/mol. The molecule has 1 aromatic heterocycles. The number of halogens is 1. The largest absolute Gasteiger partial charge is 0.144 e. The number of rotatable bonds is 3. The van der Waals surface area contributed by atoms with Crippen molar-refractivity contribution in [1.82, 2.24) is 0 Å². The van der Waals surface area contributed by atoms with Gasteiger partial charge in [-0.3, -0.25) is 0 Å². The highest BCUT2D eigenvalue weighted by Crippen LogP contribution is 2.69. The molecule has 3 unspecified atom stereocenters. The number of alkyl halides is 1. The van der Waals surface area contributed by atoms with E-state index in [-0.39, 0.29) is 5.38 Å². The summed E-state index contributed by atoms with van der Waals surface area (Å²) >= 11 is 9.03. The van der Waals surface area contributed by atoms with Gasteiger partial charge in [0.2, 0.25) is 0 Å². The van der Waals surface area contributed by atoms with Crippen LogP contribution in [0.4, 0.5) is 0 Å². The van der Waals surface area contributed by atoms with Crippen LogP contribution in [0.5, 0.6) is 0 Å². The van der Waals surface area contributed by atoms with Crippen LogP contribution >= 0.6 is 22.9 Å². The first-order valence-electron chi connectivity index (χ1n) is 8.25. The predicted molar refractivity (Wildman–Crippen MR) is 87.5 cm³/mol. The highest BCUT2D eigenvalue weighted by Gasteiger charge is 2.58. The minimum atomic E-state index is 0.262. The van der Waals surface area contributed by atoms with Gasteiger partial charge in [0.15, 0.2) is 0 Å². The smallest absolute Gasteiger partial charge is 0.0735 e. The third kappa shape index (κ3) is 2.00. The van der Waals surface area contributed by atoms with Crippen molar-refractivity contribution in [3.63, 3.8) is 0 Å². The van der Waals surface area contributed by atoms with Crippen LogP contribution in [0.2, 0.25) is 0 Å². The summed E-state index contributed by atoms with van der Waals surface area (Å²) in [7, 11) is 0. The summed E-state index contributed by atoms with van der Waals surface area (Å²) in [5.41, 5.74) is 1.01. The summed E-state index contributed by atoms with van der Waals surface area (Å²) < 4.78 is 0. The maximum Gasteiger partial charge on any atom is 0.0735 e. The fraction of sp³-hybridized carbons (Fsp3) is 0.778. The Kier molecular flexibility index (Phi) is 3.06. The summed E-state index contributed by atoms with van der Waals surface area (Å²) in [5.74, 6) is 1.93. The average molecular weight is 309 g/mol. The van der Waals surface area contributed by atoms with Crippen LogP contribution in [0, 0.1) is 22.7 Å². The van der Waals surface area contributed by atoms with E-state index in [0.29, 0.717) is 10.8 Å². The van der Waals surface area contributed by atoms with Gasteiger partial charge in [-0.1, -0.05) is 13.8 Å². The van der Waals surface area contributed by atoms with Crippen molar-refractivity contribution in [3.8, 4) is 0 Å². The van der Waals surface area contributed by atoms with E-state index in [2.05, 4.69) is 26.0 Å². The van der Waals surface area contributed by atoms with E-state index in [0.717, 1.165) is 18.3 Å². The lowest BCUT2D eigenvalue weighted by molar-refractivity contribution is -0.103. The van der Waals surface area contributed by atoms with E-state index in [1.54, 1.807) is 0 Å². The molecule has 2 heteroatoms. The van der Waals surface area contributed by atoms with Crippen molar-refractivity contribution in [3.05, 3.63) is 21.9 Å². The van der Waals surface area contributed by atoms with Gasteiger partial charge >= 0.3 is 0 Å². The van der Waals surface area contributed by atoms with Gasteiger partial charge in [-0.25, -0.2) is 0 Å². The van der Waals surface area contributed by atoms with Crippen LogP contribution < -0.4 is 0 Å². The minimum Gasteiger partial charge on any atom is -0.144 e. The van der Waals surface area contributed by atoms with Crippen LogP contribution in [0.1, 0.15) is 67.5 Å². The molecule has 1 heterocycles. The number of hydrogen-bond acceptors (Lipinski definition) is 1. The molecule has 1 aromatic rings. The molecule has 0 saturated heterocycles. The Hall–Kier alpha value is -0.0100. The van der Waals surface area contributed by atoms with Crippen LogP contribution in [-0.2, 0) is 6.42 Å². The van der Waals surface area contributed by atoms with Gasteiger partial charge in [0.05, 0.1) is 5.38 Å². The average Bonchev–Trinajstić information content (AvgIpc) is 2.83. The first-order valence-corrected chi connectivity index (χ1v) is 9.50. The molecule has 4 bridgehead atoms. The molecule has 0 N–H and O–H groups in total. The first-order chi connectivity index (χ1) is 9.52. The molecule has 0 aromatic carbocycles. The summed E-state index contributed by atoms with van der Waals surface area (Å²) in [5, 5.41) is 0.262. The number of thiophene rings is 1. The summed E-state index contributed by atoms with van der Waals surface area (Å²) in [6.07, 6.45) is 9.74. The van der Waals surface area contributed by atoms with Gasteiger partial charge in [-0.05, 0) is 79.7 Å². The quantitative estimate of drug-likeness (QED) is 0.583. The van der Waals surface area contributed by atoms with Gasteiger partial charge in [0.1, 0.15) is 0 Å². The second-order valence-corrected chi connectivity index (χ2v) is 9.79. The van der Waals surface area contributed by atoms with Crippen molar-refractivity contribution in [2.75, 3.05) is 0 Å². The molecule has 0 amide bonds. The van der Waals surface area contributed by atoms with Crippen molar-refractivity contribution in [1.29, 1.82) is 0 Å². The lowest BCUT2D eigenvalue weighted by Crippen LogP contribution is -2.52. The highest BCUT2D eigenvalue weighted by atomic mass is 35.5. The number of aryl methyl sites for hydroxylation is 1. The zero-order valence-corrected chi connectivity index (χ0v) is 14.2. The SMILES string of the molecule is CCc1ccc(C(Cl)C23CC4CC(CC(C)(C4)C2)C3)s1. The maximum atomic E-state index is 7.07. The van der Waals surface area contributed by atoms with E-state index >= 15 is 0 Å². The molecule has 3 atom stereocenters. The van der Waals surface area contributed by atoms with Crippen molar-refractivity contribution >= 4 is 22.9 Å². The molecule has 4 fully saturated rings. The Morgan fingerprint density at radius 3 is 2.50 bits per heavy atom. The van der Waals surface area contributed by atoms with Gasteiger partial charge in [-0.2, -0.15) is 0 Å². The zero-order valence-electron chi connectivity index (χ0n) is 12.6. The second-order valence-electron chi connectivity index (χ2n) is 8.15. The monoisotopic (exact) mass is 308 g/mol. The molecule has 0 spiro atoms. The van der Waals surface area contributed by atoms with Crippen molar-refractivity contribution in [2.24, 2.45) is 22.7 Å². The lowest BCUT2D eigenvalue weighted by atomic mass is 9.44. The van der Waals surface area contributed by atoms with Crippen LogP contribution in [0.25, 0.3) is 0 Å². The Bertz CT molecular complexity index is 503. The molecule has 0 nitrogen and oxygen atoms in total. The third-order valence-electron chi connectivity index (χ3n) is 6.22. The van der Waals surface area contributed by atoms with Crippen LogP contribution in [0.3, 0.4) is 0 Å². The van der Waals surface area contributed by atoms with Gasteiger partial charge in [0.25, 0.3) is 0 Å². The fourth-order valence-electron chi connectivity index (χ4n) is 6.12. The molecule has 110 valence electrons. The third-order valence-corrected chi connectivity index (χ3v) is 8.34. The molecule has 4 saturated carbocycles. The van der Waals surface area contributed by atoms with Gasteiger partial charge in [0, 0.05) is 9.75 Å². The minimum absolute atomic E-state index is 0.262. The predicted octanol–water partition coefficient (Wildman–Crippen LogP) is 6.20. The van der Waals surface area contributed by atoms with E-state index in [4.69, 9.17) is 11.6 Å². The normalized spacial score (nSPS) is 44.0. The van der Waals surface area contributed by atoms with Crippen molar-refractivity contribution < 1.29 is 0 Å². The molecular formula is C18H25ClS. The summed E-state index contributed by atoms with van der Waals surface area (Å²) in [6.45, 7) is 4.78. The van der Waals surface area contributed by atoms with E-state index in [1.807, 2.05) is 11.3 Å². The van der Waals surface area contributed by atoms with Crippen LogP contribution in [-0.4, -0.2) is 0 Å². The Morgan fingerprint density at radius 1 is 1.25 bits per heavy atom. The van der Waals surface area contributed by atoms with Gasteiger partial charge in [-0.15, -0.1) is 22.9 Å². The summed E-state index contributed by atoms with van der Waals surface area (Å²) in [4.78, 5) is 2.93. The fourth-order valence-corrected chi connectivity index (χ4v) is 7.65. The molecule has 4 aliphatic carbocycles. The summed E-state index contributed by atoms with van der Waals surface area (Å²) in [6, 6.07) is 4.60. The van der Waals surface area contributed by atoms with E-state index in [9.17, 15) is 0 Å². The Labute approximate surface area is 131 Å². The van der Waals surface area contributed by atoms with Gasteiger partial charge < -0.3 is 0 Å². The molecule has 5 rings (SSSR count). The Morgan fingerprint density at radius 2 is 1.95 bits per heavy atom. The van der Waals surface area contributed by atoms with Crippen LogP contribution in [0.15, 0.2) is 12.1 Å². The van der Waals surface area contributed by atoms with E-state index in [1.165, 1.54) is 48.3 Å². The second kappa shape index (κ2) is 4.49. The molecule has 20 heavy (non-hydrogen) atoms. The Balaban J connectivity index is 1.66. The van der Waals surface area contributed by atoms with Crippen molar-refractivity contribution in [2.45, 2.75) is 64.2 Å². The molecule has 0 radical (unpaired) electrons. The zero-order chi connectivity index (χ0) is 14.0. The van der Waals surface area contributed by atoms with E-state index < -0.39 is 0 Å². The number of hydrogen-bond donors (Lipinski definition) is 0. The maximum absolute atomic E-state index is 7.07. The topological polar surface area (TPSA) is 0 Å². The molecule has 0 aliphatic heterocycles. The molecule has 4 aliphatic rings.